The summed E-state index contributed by atoms with van der Waals surface area (Å²) in [7, 11) is 0. The Labute approximate surface area is 119 Å². The molecule has 19 heavy (non-hydrogen) atoms. The number of aryl methyl sites for hydroxylation is 1. The molecule has 1 saturated heterocycles. The number of ether oxygens (including phenoxy) is 1. The van der Waals surface area contributed by atoms with E-state index in [1.807, 2.05) is 6.07 Å². The van der Waals surface area contributed by atoms with Crippen molar-refractivity contribution < 1.29 is 9.13 Å². The van der Waals surface area contributed by atoms with Gasteiger partial charge in [-0.25, -0.2) is 4.39 Å². The van der Waals surface area contributed by atoms with E-state index in [1.165, 1.54) is 6.07 Å². The maximum atomic E-state index is 13.5. The normalized spacial score (nSPS) is 20.7. The minimum atomic E-state index is -0.245. The van der Waals surface area contributed by atoms with E-state index in [4.69, 9.17) is 16.3 Å². The van der Waals surface area contributed by atoms with Crippen molar-refractivity contribution in [1.82, 2.24) is 5.32 Å². The Morgan fingerprint density at radius 3 is 2.95 bits per heavy atom. The molecule has 1 aliphatic heterocycles. The third-order valence-electron chi connectivity index (χ3n) is 3.66. The van der Waals surface area contributed by atoms with Crippen LogP contribution in [0.1, 0.15) is 36.9 Å². The number of nitrogens with one attached hydrogen (secondary N) is 1. The molecule has 0 amide bonds. The lowest BCUT2D eigenvalue weighted by atomic mass is 9.91. The fraction of sp³-hybridized carbons (Fsp3) is 0.600. The Morgan fingerprint density at radius 2 is 2.32 bits per heavy atom. The average molecular weight is 286 g/mol. The largest absolute Gasteiger partial charge is 0.381 e. The van der Waals surface area contributed by atoms with Gasteiger partial charge in [0.1, 0.15) is 5.82 Å². The smallest absolute Gasteiger partial charge is 0.127 e. The molecule has 2 rings (SSSR count). The summed E-state index contributed by atoms with van der Waals surface area (Å²) in [6.45, 7) is 6.37. The van der Waals surface area contributed by atoms with E-state index in [-0.39, 0.29) is 11.9 Å². The van der Waals surface area contributed by atoms with Crippen LogP contribution in [0.25, 0.3) is 0 Å². The summed E-state index contributed by atoms with van der Waals surface area (Å²) in [5.41, 5.74) is 1.63. The zero-order valence-corrected chi connectivity index (χ0v) is 12.3. The molecule has 0 radical (unpaired) electrons. The highest BCUT2D eigenvalue weighted by Gasteiger charge is 2.28. The average Bonchev–Trinajstić information content (AvgIpc) is 2.89. The molecular formula is C15H21ClFNO. The summed E-state index contributed by atoms with van der Waals surface area (Å²) in [5, 5.41) is 4.03. The molecule has 2 unspecified atom stereocenters. The van der Waals surface area contributed by atoms with Crippen LogP contribution in [0.5, 0.6) is 0 Å². The lowest BCUT2D eigenvalue weighted by Gasteiger charge is -2.25. The van der Waals surface area contributed by atoms with Gasteiger partial charge in [-0.05, 0) is 43.5 Å². The first-order valence-corrected chi connectivity index (χ1v) is 7.28. The molecule has 1 aromatic rings. The molecule has 2 atom stereocenters. The van der Waals surface area contributed by atoms with Crippen LogP contribution < -0.4 is 5.32 Å². The summed E-state index contributed by atoms with van der Waals surface area (Å²) >= 11 is 6.23. The van der Waals surface area contributed by atoms with Gasteiger partial charge in [0.15, 0.2) is 0 Å². The molecule has 1 aromatic carbocycles. The summed E-state index contributed by atoms with van der Waals surface area (Å²) in [5.74, 6) is 0.166. The van der Waals surface area contributed by atoms with Crippen molar-refractivity contribution in [2.75, 3.05) is 19.8 Å². The van der Waals surface area contributed by atoms with Gasteiger partial charge in [0.2, 0.25) is 0 Å². The van der Waals surface area contributed by atoms with Crippen molar-refractivity contribution in [3.05, 3.63) is 34.1 Å². The number of hydrogen-bond acceptors (Lipinski definition) is 2. The first-order valence-electron chi connectivity index (χ1n) is 6.90. The van der Waals surface area contributed by atoms with Gasteiger partial charge >= 0.3 is 0 Å². The van der Waals surface area contributed by atoms with E-state index in [2.05, 4.69) is 12.2 Å². The Bertz CT molecular complexity index is 432. The quantitative estimate of drug-likeness (QED) is 0.887. The van der Waals surface area contributed by atoms with Gasteiger partial charge in [0.25, 0.3) is 0 Å². The van der Waals surface area contributed by atoms with Crippen LogP contribution >= 0.6 is 11.6 Å². The van der Waals surface area contributed by atoms with Gasteiger partial charge in [-0.1, -0.05) is 24.6 Å². The topological polar surface area (TPSA) is 21.3 Å². The molecule has 106 valence electrons. The molecule has 1 fully saturated rings. The molecular weight excluding hydrogens is 265 g/mol. The number of hydrogen-bond donors (Lipinski definition) is 1. The SMILES string of the molecule is CCCNC(c1cc(C)c(F)cc1Cl)C1CCOC1. The number of rotatable bonds is 5. The van der Waals surface area contributed by atoms with Gasteiger partial charge in [0.05, 0.1) is 6.61 Å². The van der Waals surface area contributed by atoms with Crippen LogP contribution in [0.3, 0.4) is 0 Å². The van der Waals surface area contributed by atoms with Crippen molar-refractivity contribution in [3.8, 4) is 0 Å². The monoisotopic (exact) mass is 285 g/mol. The van der Waals surface area contributed by atoms with Crippen LogP contribution in [0, 0.1) is 18.7 Å². The number of halogens is 2. The van der Waals surface area contributed by atoms with Gasteiger partial charge in [-0.2, -0.15) is 0 Å². The second-order valence-corrected chi connectivity index (χ2v) is 5.59. The third-order valence-corrected chi connectivity index (χ3v) is 3.99. The predicted molar refractivity (Wildman–Crippen MR) is 76.1 cm³/mol. The first kappa shape index (κ1) is 14.8. The van der Waals surface area contributed by atoms with Crippen LogP contribution in [-0.4, -0.2) is 19.8 Å². The minimum Gasteiger partial charge on any atom is -0.381 e. The van der Waals surface area contributed by atoms with E-state index in [0.717, 1.165) is 38.2 Å². The second kappa shape index (κ2) is 6.69. The van der Waals surface area contributed by atoms with Crippen molar-refractivity contribution in [2.45, 2.75) is 32.7 Å². The molecule has 1 heterocycles. The molecule has 0 bridgehead atoms. The molecule has 0 aromatic heterocycles. The molecule has 0 aliphatic carbocycles. The fourth-order valence-corrected chi connectivity index (χ4v) is 2.83. The summed E-state index contributed by atoms with van der Waals surface area (Å²) < 4.78 is 19.0. The van der Waals surface area contributed by atoms with E-state index in [1.54, 1.807) is 6.92 Å². The molecule has 0 spiro atoms. The van der Waals surface area contributed by atoms with E-state index >= 15 is 0 Å². The van der Waals surface area contributed by atoms with Crippen LogP contribution in [0.15, 0.2) is 12.1 Å². The highest BCUT2D eigenvalue weighted by Crippen LogP contribution is 2.34. The fourth-order valence-electron chi connectivity index (χ4n) is 2.56. The van der Waals surface area contributed by atoms with Crippen molar-refractivity contribution in [3.63, 3.8) is 0 Å². The lowest BCUT2D eigenvalue weighted by Crippen LogP contribution is -2.29. The third kappa shape index (κ3) is 3.47. The van der Waals surface area contributed by atoms with E-state index in [9.17, 15) is 4.39 Å². The maximum absolute atomic E-state index is 13.5. The van der Waals surface area contributed by atoms with Crippen molar-refractivity contribution >= 4 is 11.6 Å². The van der Waals surface area contributed by atoms with Gasteiger partial charge < -0.3 is 10.1 Å². The maximum Gasteiger partial charge on any atom is 0.127 e. The van der Waals surface area contributed by atoms with E-state index < -0.39 is 0 Å². The van der Waals surface area contributed by atoms with Crippen molar-refractivity contribution in [2.24, 2.45) is 5.92 Å². The number of benzene rings is 1. The van der Waals surface area contributed by atoms with Gasteiger partial charge in [0, 0.05) is 23.6 Å². The summed E-state index contributed by atoms with van der Waals surface area (Å²) in [6, 6.07) is 3.43. The Balaban J connectivity index is 2.28. The standard InChI is InChI=1S/C15H21ClFNO/c1-3-5-18-15(11-4-6-19-9-11)12-7-10(2)14(17)8-13(12)16/h7-8,11,15,18H,3-6,9H2,1-2H3. The van der Waals surface area contributed by atoms with Crippen LogP contribution in [0.4, 0.5) is 4.39 Å². The summed E-state index contributed by atoms with van der Waals surface area (Å²) in [4.78, 5) is 0. The molecule has 0 saturated carbocycles. The Morgan fingerprint density at radius 1 is 1.53 bits per heavy atom. The highest BCUT2D eigenvalue weighted by atomic mass is 35.5. The Kier molecular flexibility index (Phi) is 5.20. The predicted octanol–water partition coefficient (Wildman–Crippen LogP) is 3.86. The highest BCUT2D eigenvalue weighted by molar-refractivity contribution is 6.31. The zero-order valence-electron chi connectivity index (χ0n) is 11.5. The molecule has 1 aliphatic rings. The van der Waals surface area contributed by atoms with Crippen LogP contribution in [0.2, 0.25) is 5.02 Å². The van der Waals surface area contributed by atoms with Gasteiger partial charge in [-0.15, -0.1) is 0 Å². The molecule has 2 nitrogen and oxygen atoms in total. The van der Waals surface area contributed by atoms with Crippen molar-refractivity contribution in [1.29, 1.82) is 0 Å². The zero-order chi connectivity index (χ0) is 13.8. The first-order chi connectivity index (χ1) is 9.13. The lowest BCUT2D eigenvalue weighted by molar-refractivity contribution is 0.176. The minimum absolute atomic E-state index is 0.147. The second-order valence-electron chi connectivity index (χ2n) is 5.18. The van der Waals surface area contributed by atoms with Crippen LogP contribution in [-0.2, 0) is 4.74 Å². The van der Waals surface area contributed by atoms with Gasteiger partial charge in [-0.3, -0.25) is 0 Å². The molecule has 4 heteroatoms. The Hall–Kier alpha value is -0.640. The van der Waals surface area contributed by atoms with E-state index in [0.29, 0.717) is 16.5 Å². The summed E-state index contributed by atoms with van der Waals surface area (Å²) in [6.07, 6.45) is 2.08. The molecule has 1 N–H and O–H groups in total.